The number of fused-ring (bicyclic) bond motifs is 4. The third-order valence-electron chi connectivity index (χ3n) is 13.8. The van der Waals surface area contributed by atoms with Crippen LogP contribution in [0.25, 0.3) is 0 Å². The van der Waals surface area contributed by atoms with Crippen molar-refractivity contribution in [2.75, 3.05) is 6.61 Å². The molecular formula is C36H60O6. The number of rotatable bonds is 7. The smallest absolute Gasteiger partial charge is 0.186 e. The molecule has 1 heterocycles. The average Bonchev–Trinajstić information content (AvgIpc) is 3.21. The molecule has 4 aliphatic carbocycles. The van der Waals surface area contributed by atoms with Gasteiger partial charge in [-0.1, -0.05) is 64.3 Å². The molecule has 2 saturated carbocycles. The van der Waals surface area contributed by atoms with Gasteiger partial charge in [-0.15, -0.1) is 0 Å². The van der Waals surface area contributed by atoms with Crippen molar-refractivity contribution in [3.8, 4) is 0 Å². The van der Waals surface area contributed by atoms with Crippen molar-refractivity contribution in [2.24, 2.45) is 39.4 Å². The second kappa shape index (κ2) is 11.6. The third kappa shape index (κ3) is 4.99. The fourth-order valence-corrected chi connectivity index (χ4v) is 11.0. The average molecular weight is 589 g/mol. The van der Waals surface area contributed by atoms with E-state index >= 15 is 0 Å². The Bertz CT molecular complexity index is 1060. The Hall–Kier alpha value is -0.760. The zero-order chi connectivity index (χ0) is 30.8. The molecule has 0 aromatic heterocycles. The maximum atomic E-state index is 10.7. The topological polar surface area (TPSA) is 99.4 Å². The summed E-state index contributed by atoms with van der Waals surface area (Å²) in [5, 5.41) is 40.9. The number of aliphatic hydroxyl groups excluding tert-OH is 4. The van der Waals surface area contributed by atoms with Crippen molar-refractivity contribution >= 4 is 0 Å². The van der Waals surface area contributed by atoms with E-state index in [9.17, 15) is 20.4 Å². The summed E-state index contributed by atoms with van der Waals surface area (Å²) >= 11 is 0. The molecular weight excluding hydrogens is 528 g/mol. The van der Waals surface area contributed by atoms with Crippen LogP contribution in [-0.2, 0) is 9.47 Å². The number of ether oxygens (including phenoxy) is 2. The van der Waals surface area contributed by atoms with Gasteiger partial charge in [-0.3, -0.25) is 0 Å². The fourth-order valence-electron chi connectivity index (χ4n) is 11.0. The van der Waals surface area contributed by atoms with E-state index < -0.39 is 37.3 Å². The second-order valence-corrected chi connectivity index (χ2v) is 16.4. The molecule has 3 fully saturated rings. The maximum absolute atomic E-state index is 10.7. The summed E-state index contributed by atoms with van der Waals surface area (Å²) in [5.74, 6) is 1.97. The Labute approximate surface area is 255 Å². The highest BCUT2D eigenvalue weighted by atomic mass is 16.7. The minimum atomic E-state index is -1.41. The Morgan fingerprint density at radius 2 is 1.64 bits per heavy atom. The molecule has 0 spiro atoms. The van der Waals surface area contributed by atoms with Crippen LogP contribution < -0.4 is 0 Å². The van der Waals surface area contributed by atoms with E-state index in [1.54, 1.807) is 11.1 Å². The highest BCUT2D eigenvalue weighted by Gasteiger charge is 2.63. The van der Waals surface area contributed by atoms with Crippen LogP contribution in [0.15, 0.2) is 22.8 Å². The van der Waals surface area contributed by atoms with Gasteiger partial charge in [0.15, 0.2) is 6.29 Å². The van der Waals surface area contributed by atoms with Gasteiger partial charge >= 0.3 is 0 Å². The largest absolute Gasteiger partial charge is 0.394 e. The van der Waals surface area contributed by atoms with Gasteiger partial charge in [0.1, 0.15) is 24.4 Å². The van der Waals surface area contributed by atoms with Crippen molar-refractivity contribution in [3.05, 3.63) is 22.8 Å². The Morgan fingerprint density at radius 3 is 2.31 bits per heavy atom. The van der Waals surface area contributed by atoms with Gasteiger partial charge in [-0.05, 0) is 117 Å². The van der Waals surface area contributed by atoms with E-state index in [-0.39, 0.29) is 22.3 Å². The van der Waals surface area contributed by atoms with Crippen molar-refractivity contribution < 1.29 is 29.9 Å². The molecule has 5 rings (SSSR count). The first-order valence-corrected chi connectivity index (χ1v) is 16.9. The summed E-state index contributed by atoms with van der Waals surface area (Å²) in [5.41, 5.74) is 5.57. The highest BCUT2D eigenvalue weighted by molar-refractivity contribution is 5.38. The van der Waals surface area contributed by atoms with Gasteiger partial charge in [-0.25, -0.2) is 0 Å². The van der Waals surface area contributed by atoms with E-state index in [2.05, 4.69) is 61.5 Å². The first-order valence-electron chi connectivity index (χ1n) is 16.9. The van der Waals surface area contributed by atoms with Crippen molar-refractivity contribution in [2.45, 2.75) is 156 Å². The van der Waals surface area contributed by atoms with Gasteiger partial charge < -0.3 is 29.9 Å². The molecule has 0 amide bonds. The Morgan fingerprint density at radius 1 is 0.929 bits per heavy atom. The Kier molecular flexibility index (Phi) is 8.97. The Balaban J connectivity index is 1.36. The molecule has 240 valence electrons. The van der Waals surface area contributed by atoms with Crippen molar-refractivity contribution in [1.29, 1.82) is 0 Å². The predicted molar refractivity (Wildman–Crippen MR) is 166 cm³/mol. The normalized spacial score (nSPS) is 47.3. The minimum Gasteiger partial charge on any atom is -0.394 e. The molecule has 4 N–H and O–H groups in total. The summed E-state index contributed by atoms with van der Waals surface area (Å²) in [6.45, 7) is 18.9. The number of hydrogen-bond acceptors (Lipinski definition) is 6. The van der Waals surface area contributed by atoms with Crippen LogP contribution in [0, 0.1) is 39.4 Å². The lowest BCUT2D eigenvalue weighted by Gasteiger charge is -2.63. The van der Waals surface area contributed by atoms with E-state index in [0.29, 0.717) is 11.3 Å². The van der Waals surface area contributed by atoms with E-state index in [1.165, 1.54) is 44.1 Å². The first-order chi connectivity index (χ1) is 19.6. The molecule has 0 aromatic rings. The monoisotopic (exact) mass is 588 g/mol. The summed E-state index contributed by atoms with van der Waals surface area (Å²) in [4.78, 5) is 0. The van der Waals surface area contributed by atoms with Crippen LogP contribution in [0.1, 0.15) is 120 Å². The van der Waals surface area contributed by atoms with E-state index in [1.807, 2.05) is 0 Å². The number of allylic oxidation sites excluding steroid dienone is 4. The molecule has 0 aromatic carbocycles. The third-order valence-corrected chi connectivity index (χ3v) is 13.8. The molecule has 6 heteroatoms. The molecule has 5 aliphatic rings. The summed E-state index contributed by atoms with van der Waals surface area (Å²) in [7, 11) is 0. The second-order valence-electron chi connectivity index (χ2n) is 16.4. The molecule has 42 heavy (non-hydrogen) atoms. The molecule has 6 nitrogen and oxygen atoms in total. The molecule has 12 atom stereocenters. The lowest BCUT2D eigenvalue weighted by atomic mass is 9.43. The van der Waals surface area contributed by atoms with Gasteiger partial charge in [0, 0.05) is 0 Å². The predicted octanol–water partition coefficient (Wildman–Crippen LogP) is 6.30. The minimum absolute atomic E-state index is 0.129. The maximum Gasteiger partial charge on any atom is 0.186 e. The van der Waals surface area contributed by atoms with Crippen LogP contribution in [-0.4, -0.2) is 63.8 Å². The molecule has 1 saturated heterocycles. The molecule has 2 unspecified atom stereocenters. The van der Waals surface area contributed by atoms with Gasteiger partial charge in [0.25, 0.3) is 0 Å². The van der Waals surface area contributed by atoms with Crippen LogP contribution in [0.2, 0.25) is 0 Å². The number of aliphatic hydroxyl groups is 4. The summed E-state index contributed by atoms with van der Waals surface area (Å²) < 4.78 is 12.2. The quantitative estimate of drug-likeness (QED) is 0.261. The van der Waals surface area contributed by atoms with E-state index in [4.69, 9.17) is 9.47 Å². The van der Waals surface area contributed by atoms with E-state index in [0.717, 1.165) is 37.5 Å². The van der Waals surface area contributed by atoms with Crippen molar-refractivity contribution in [1.82, 2.24) is 0 Å². The zero-order valence-electron chi connectivity index (χ0n) is 27.7. The highest BCUT2D eigenvalue weighted by Crippen LogP contribution is 2.72. The molecule has 1 aliphatic heterocycles. The van der Waals surface area contributed by atoms with Gasteiger partial charge in [-0.2, -0.15) is 0 Å². The molecule has 0 bridgehead atoms. The fraction of sp³-hybridized carbons (Fsp3) is 0.889. The van der Waals surface area contributed by atoms with Gasteiger partial charge in [0.05, 0.1) is 12.7 Å². The SMILES string of the molecule is CC(C)=CCC[C@@H](C)[C@H]1CC[C@@]2(C)C3=C(CC[C@]12C)[C@@]1(C)CCC(O[C@@H]2O[C@H](CO)[C@@H](O)[C@H](O)[C@H]2O)C(C)(C)C1CC3. The molecule has 0 radical (unpaired) electrons. The lowest BCUT2D eigenvalue weighted by molar-refractivity contribution is -0.325. The zero-order valence-corrected chi connectivity index (χ0v) is 27.7. The van der Waals surface area contributed by atoms with Crippen LogP contribution >= 0.6 is 0 Å². The van der Waals surface area contributed by atoms with Crippen LogP contribution in [0.3, 0.4) is 0 Å². The number of hydrogen-bond donors (Lipinski definition) is 4. The van der Waals surface area contributed by atoms with Crippen LogP contribution in [0.4, 0.5) is 0 Å². The standard InChI is InChI=1S/C36H60O6/c1-21(2)10-9-11-22(3)23-14-18-36(8)25-12-13-27-33(4,5)28(16-17-34(27,6)24(25)15-19-35(23,36)7)42-32-31(40)30(39)29(38)26(20-37)41-32/h10,22-23,26-32,37-40H,9,11-20H2,1-8H3/t22-,23-,26-,27?,28?,29-,30+,31-,32+,34-,35-,36+/m1/s1. The van der Waals surface area contributed by atoms with Crippen molar-refractivity contribution in [3.63, 3.8) is 0 Å². The lowest BCUT2D eigenvalue weighted by Crippen LogP contribution is -2.61. The summed E-state index contributed by atoms with van der Waals surface area (Å²) in [6.07, 6.45) is 7.93. The summed E-state index contributed by atoms with van der Waals surface area (Å²) in [6, 6.07) is 0. The first kappa shape index (κ1) is 32.6. The van der Waals surface area contributed by atoms with Crippen LogP contribution in [0.5, 0.6) is 0 Å². The van der Waals surface area contributed by atoms with Gasteiger partial charge in [0.2, 0.25) is 0 Å².